The first-order chi connectivity index (χ1) is 19.4. The van der Waals surface area contributed by atoms with Crippen molar-refractivity contribution in [1.29, 1.82) is 0 Å². The summed E-state index contributed by atoms with van der Waals surface area (Å²) in [5.41, 5.74) is 8.88. The molecule has 2 aliphatic rings. The van der Waals surface area contributed by atoms with Crippen molar-refractivity contribution < 1.29 is 4.42 Å². The summed E-state index contributed by atoms with van der Waals surface area (Å²) in [6, 6.07) is 26.1. The molecule has 39 heavy (non-hydrogen) atoms. The Labute approximate surface area is 226 Å². The zero-order chi connectivity index (χ0) is 25.8. The highest BCUT2D eigenvalue weighted by molar-refractivity contribution is 6.09. The Hall–Kier alpha value is -4.83. The Bertz CT molecular complexity index is 1950. The summed E-state index contributed by atoms with van der Waals surface area (Å²) in [5.74, 6) is 0. The summed E-state index contributed by atoms with van der Waals surface area (Å²) in [6.45, 7) is 0. The van der Waals surface area contributed by atoms with E-state index >= 15 is 0 Å². The molecule has 188 valence electrons. The molecule has 0 fully saturated rings. The van der Waals surface area contributed by atoms with Gasteiger partial charge in [0.2, 0.25) is 0 Å². The van der Waals surface area contributed by atoms with Crippen LogP contribution in [0.25, 0.3) is 44.6 Å². The van der Waals surface area contributed by atoms with Gasteiger partial charge in [0.15, 0.2) is 5.58 Å². The minimum atomic E-state index is 0.243. The third-order valence-corrected chi connectivity index (χ3v) is 8.03. The van der Waals surface area contributed by atoms with Crippen LogP contribution >= 0.6 is 0 Å². The fourth-order valence-corrected chi connectivity index (χ4v) is 6.30. The highest BCUT2D eigenvalue weighted by Crippen LogP contribution is 2.40. The second-order valence-electron chi connectivity index (χ2n) is 10.3. The van der Waals surface area contributed by atoms with Crippen LogP contribution in [0.15, 0.2) is 120 Å². The normalized spacial score (nSPS) is 16.4. The van der Waals surface area contributed by atoms with Crippen LogP contribution in [-0.2, 0) is 6.42 Å². The molecule has 1 unspecified atom stereocenters. The van der Waals surface area contributed by atoms with E-state index in [9.17, 15) is 0 Å². The maximum atomic E-state index is 6.61. The van der Waals surface area contributed by atoms with Crippen molar-refractivity contribution in [3.05, 3.63) is 127 Å². The van der Waals surface area contributed by atoms with Crippen LogP contribution < -0.4 is 4.90 Å². The van der Waals surface area contributed by atoms with E-state index in [4.69, 9.17) is 9.40 Å². The Balaban J connectivity index is 1.34. The third kappa shape index (κ3) is 3.48. The number of furan rings is 1. The number of fused-ring (bicyclic) bond motifs is 6. The van der Waals surface area contributed by atoms with E-state index in [1.807, 2.05) is 12.4 Å². The maximum absolute atomic E-state index is 6.61. The van der Waals surface area contributed by atoms with E-state index in [0.717, 1.165) is 52.6 Å². The van der Waals surface area contributed by atoms with Gasteiger partial charge >= 0.3 is 0 Å². The van der Waals surface area contributed by atoms with Gasteiger partial charge in [-0.3, -0.25) is 4.98 Å². The number of hydrogen-bond donors (Lipinski definition) is 0. The van der Waals surface area contributed by atoms with Gasteiger partial charge in [-0.2, -0.15) is 0 Å². The molecule has 3 aromatic heterocycles. The molecule has 0 N–H and O–H groups in total. The first kappa shape index (κ1) is 22.2. The van der Waals surface area contributed by atoms with E-state index in [1.54, 1.807) is 0 Å². The fraction of sp³-hybridized carbons (Fsp3) is 0.114. The quantitative estimate of drug-likeness (QED) is 0.240. The molecule has 0 spiro atoms. The van der Waals surface area contributed by atoms with Gasteiger partial charge in [-0.15, -0.1) is 0 Å². The number of hydrogen-bond acceptors (Lipinski definition) is 3. The van der Waals surface area contributed by atoms with E-state index in [-0.39, 0.29) is 6.04 Å². The van der Waals surface area contributed by atoms with Crippen molar-refractivity contribution >= 4 is 50.3 Å². The van der Waals surface area contributed by atoms with Gasteiger partial charge in [0.1, 0.15) is 11.3 Å². The predicted octanol–water partition coefficient (Wildman–Crippen LogP) is 8.91. The zero-order valence-electron chi connectivity index (χ0n) is 21.5. The average molecular weight is 506 g/mol. The lowest BCUT2D eigenvalue weighted by atomic mass is 10.0. The van der Waals surface area contributed by atoms with Gasteiger partial charge in [0.05, 0.1) is 17.8 Å². The standard InChI is InChI=1S/C35H27N3O/c1-3-11-24(12-4-1)37(25-13-5-2-6-14-25)26-19-20-34-29(21-26)30-22-36-23-33(35(30)39-34)38-31-17-9-7-15-27(31)28-16-8-10-18-32(28)38/h1-9,11-13,15-17,19-23,25H,10,14,18H2. The lowest BCUT2D eigenvalue weighted by Gasteiger charge is -2.32. The highest BCUT2D eigenvalue weighted by Gasteiger charge is 2.23. The molecule has 0 radical (unpaired) electrons. The largest absolute Gasteiger partial charge is 0.454 e. The number of pyridine rings is 1. The smallest absolute Gasteiger partial charge is 0.162 e. The molecule has 0 bridgehead atoms. The number of benzene rings is 3. The molecule has 0 aliphatic heterocycles. The molecule has 0 saturated carbocycles. The molecule has 8 rings (SSSR count). The average Bonchev–Trinajstić information content (AvgIpc) is 3.54. The van der Waals surface area contributed by atoms with Crippen molar-refractivity contribution in [1.82, 2.24) is 9.55 Å². The van der Waals surface area contributed by atoms with E-state index in [2.05, 4.69) is 119 Å². The summed E-state index contributed by atoms with van der Waals surface area (Å²) in [5, 5.41) is 3.39. The molecule has 4 heteroatoms. The van der Waals surface area contributed by atoms with Gasteiger partial charge in [-0.25, -0.2) is 0 Å². The number of allylic oxidation sites excluding steroid dienone is 3. The molecular weight excluding hydrogens is 478 g/mol. The van der Waals surface area contributed by atoms with Crippen molar-refractivity contribution in [3.8, 4) is 5.69 Å². The Kier molecular flexibility index (Phi) is 5.05. The molecular formula is C35H27N3O. The minimum Gasteiger partial charge on any atom is -0.454 e. The first-order valence-corrected chi connectivity index (χ1v) is 13.6. The summed E-state index contributed by atoms with van der Waals surface area (Å²) in [4.78, 5) is 7.15. The van der Waals surface area contributed by atoms with Crippen LogP contribution in [-0.4, -0.2) is 15.6 Å². The lowest BCUT2D eigenvalue weighted by Crippen LogP contribution is -2.29. The van der Waals surface area contributed by atoms with Crippen LogP contribution in [0.4, 0.5) is 11.4 Å². The highest BCUT2D eigenvalue weighted by atomic mass is 16.3. The second-order valence-corrected chi connectivity index (χ2v) is 10.3. The van der Waals surface area contributed by atoms with Crippen molar-refractivity contribution in [2.45, 2.75) is 25.3 Å². The molecule has 2 aliphatic carbocycles. The monoisotopic (exact) mass is 505 g/mol. The molecule has 3 heterocycles. The molecule has 3 aromatic carbocycles. The van der Waals surface area contributed by atoms with Crippen molar-refractivity contribution in [2.75, 3.05) is 4.90 Å². The Morgan fingerprint density at radius 1 is 0.821 bits per heavy atom. The van der Waals surface area contributed by atoms with Crippen LogP contribution in [0.1, 0.15) is 24.1 Å². The van der Waals surface area contributed by atoms with Gasteiger partial charge in [0, 0.05) is 45.0 Å². The molecule has 0 amide bonds. The molecule has 4 nitrogen and oxygen atoms in total. The van der Waals surface area contributed by atoms with Gasteiger partial charge in [-0.05, 0) is 55.7 Å². The van der Waals surface area contributed by atoms with E-state index in [1.165, 1.54) is 27.8 Å². The maximum Gasteiger partial charge on any atom is 0.162 e. The van der Waals surface area contributed by atoms with Crippen molar-refractivity contribution in [2.24, 2.45) is 0 Å². The topological polar surface area (TPSA) is 34.2 Å². The predicted molar refractivity (Wildman–Crippen MR) is 161 cm³/mol. The van der Waals surface area contributed by atoms with Crippen LogP contribution in [0, 0.1) is 0 Å². The molecule has 6 aromatic rings. The number of aromatic nitrogens is 2. The summed E-state index contributed by atoms with van der Waals surface area (Å²) >= 11 is 0. The summed E-state index contributed by atoms with van der Waals surface area (Å²) < 4.78 is 8.97. The third-order valence-electron chi connectivity index (χ3n) is 8.03. The fourth-order valence-electron chi connectivity index (χ4n) is 6.30. The van der Waals surface area contributed by atoms with Crippen molar-refractivity contribution in [3.63, 3.8) is 0 Å². The van der Waals surface area contributed by atoms with Gasteiger partial charge < -0.3 is 13.9 Å². The summed E-state index contributed by atoms with van der Waals surface area (Å²) in [6.07, 6.45) is 20.2. The second kappa shape index (κ2) is 8.88. The van der Waals surface area contributed by atoms with Gasteiger partial charge in [0.25, 0.3) is 0 Å². The number of rotatable bonds is 4. The van der Waals surface area contributed by atoms with E-state index < -0.39 is 0 Å². The minimum absolute atomic E-state index is 0.243. The number of anilines is 2. The molecule has 1 atom stereocenters. The Morgan fingerprint density at radius 3 is 2.62 bits per heavy atom. The number of para-hydroxylation sites is 2. The van der Waals surface area contributed by atoms with Gasteiger partial charge in [-0.1, -0.05) is 72.9 Å². The SMILES string of the molecule is C1=CCC(N(c2ccccc2)c2ccc3oc4c(-n5c6c(c7ccccc75)C=CCC6)cncc4c3c2)C=C1. The van der Waals surface area contributed by atoms with Crippen LogP contribution in [0.2, 0.25) is 0 Å². The van der Waals surface area contributed by atoms with Crippen LogP contribution in [0.3, 0.4) is 0 Å². The summed E-state index contributed by atoms with van der Waals surface area (Å²) in [7, 11) is 0. The lowest BCUT2D eigenvalue weighted by molar-refractivity contribution is 0.664. The number of nitrogens with zero attached hydrogens (tertiary/aromatic N) is 3. The Morgan fingerprint density at radius 2 is 1.72 bits per heavy atom. The van der Waals surface area contributed by atoms with Crippen LogP contribution in [0.5, 0.6) is 0 Å². The first-order valence-electron chi connectivity index (χ1n) is 13.6. The van der Waals surface area contributed by atoms with E-state index in [0.29, 0.717) is 0 Å². The zero-order valence-corrected chi connectivity index (χ0v) is 21.5. The molecule has 0 saturated heterocycles.